The first-order valence-corrected chi connectivity index (χ1v) is 11.6. The Morgan fingerprint density at radius 3 is 2.81 bits per heavy atom. The molecule has 1 unspecified atom stereocenters. The lowest BCUT2D eigenvalue weighted by Gasteiger charge is -2.29. The van der Waals surface area contributed by atoms with Crippen LogP contribution in [0, 0.1) is 0 Å². The first-order chi connectivity index (χ1) is 15.1. The van der Waals surface area contributed by atoms with E-state index in [4.69, 9.17) is 4.98 Å². The zero-order chi connectivity index (χ0) is 21.4. The molecule has 0 radical (unpaired) electrons. The van der Waals surface area contributed by atoms with Crippen LogP contribution in [0.4, 0.5) is 5.13 Å². The summed E-state index contributed by atoms with van der Waals surface area (Å²) in [5.74, 6) is -0.282. The zero-order valence-electron chi connectivity index (χ0n) is 17.1. The zero-order valence-corrected chi connectivity index (χ0v) is 18.0. The van der Waals surface area contributed by atoms with Crippen LogP contribution in [-0.2, 0) is 22.7 Å². The monoisotopic (exact) mass is 439 g/mol. The Labute approximate surface area is 184 Å². The Morgan fingerprint density at radius 2 is 2.00 bits per heavy atom. The smallest absolute Gasteiger partial charge is 0.255 e. The normalized spacial score (nSPS) is 21.9. The van der Waals surface area contributed by atoms with Gasteiger partial charge in [-0.3, -0.25) is 19.7 Å². The molecular weight excluding hydrogens is 414 g/mol. The number of nitrogens with zero attached hydrogens (tertiary/aromatic N) is 2. The minimum atomic E-state index is -0.593. The highest BCUT2D eigenvalue weighted by Crippen LogP contribution is 2.31. The summed E-state index contributed by atoms with van der Waals surface area (Å²) in [6.07, 6.45) is 2.87. The van der Waals surface area contributed by atoms with Crippen molar-refractivity contribution in [2.45, 2.75) is 50.7 Å². The molecule has 0 spiro atoms. The third kappa shape index (κ3) is 3.95. The van der Waals surface area contributed by atoms with E-state index in [0.717, 1.165) is 47.9 Å². The van der Waals surface area contributed by atoms with Gasteiger partial charge in [0.05, 0.1) is 5.69 Å². The molecule has 3 aliphatic heterocycles. The maximum absolute atomic E-state index is 13.0. The molecule has 2 aromatic rings. The van der Waals surface area contributed by atoms with E-state index < -0.39 is 6.04 Å². The Balaban J connectivity index is 1.28. The van der Waals surface area contributed by atoms with Crippen molar-refractivity contribution in [2.75, 3.05) is 18.4 Å². The maximum Gasteiger partial charge on any atom is 0.255 e. The third-order valence-corrected chi connectivity index (χ3v) is 7.21. The topological polar surface area (TPSA) is 103 Å². The van der Waals surface area contributed by atoms with Crippen molar-refractivity contribution in [3.63, 3.8) is 0 Å². The second-order valence-corrected chi connectivity index (χ2v) is 9.16. The van der Waals surface area contributed by atoms with E-state index in [1.165, 1.54) is 0 Å². The number of hydrogen-bond donors (Lipinski definition) is 3. The van der Waals surface area contributed by atoms with E-state index in [-0.39, 0.29) is 24.1 Å². The quantitative estimate of drug-likeness (QED) is 0.616. The van der Waals surface area contributed by atoms with Crippen molar-refractivity contribution in [3.05, 3.63) is 46.0 Å². The summed E-state index contributed by atoms with van der Waals surface area (Å²) >= 11 is 1.62. The van der Waals surface area contributed by atoms with Gasteiger partial charge >= 0.3 is 0 Å². The molecule has 162 valence electrons. The van der Waals surface area contributed by atoms with E-state index in [9.17, 15) is 14.4 Å². The van der Waals surface area contributed by atoms with E-state index >= 15 is 0 Å². The number of aromatic nitrogens is 1. The average molecular weight is 440 g/mol. The standard InChI is InChI=1S/C22H25N5O3S/c28-19-5-4-18(20(29)26-19)27-11-16-14(2-1-3-15(16)21(27)30)10-24-22-25-17(12-31-22)13-6-8-23-9-7-13/h1-3,12-13,18,23H,4-11H2,(H,24,25)(H,26,28,29). The average Bonchev–Trinajstić information content (AvgIpc) is 3.38. The lowest BCUT2D eigenvalue weighted by molar-refractivity contribution is -0.136. The number of benzene rings is 1. The number of hydrogen-bond acceptors (Lipinski definition) is 7. The van der Waals surface area contributed by atoms with Gasteiger partial charge in [-0.25, -0.2) is 4.98 Å². The van der Waals surface area contributed by atoms with Crippen LogP contribution < -0.4 is 16.0 Å². The molecule has 8 nitrogen and oxygen atoms in total. The van der Waals surface area contributed by atoms with E-state index in [1.54, 1.807) is 16.2 Å². The fourth-order valence-corrected chi connectivity index (χ4v) is 5.45. The van der Waals surface area contributed by atoms with Gasteiger partial charge in [0.25, 0.3) is 5.91 Å². The number of imide groups is 1. The van der Waals surface area contributed by atoms with Crippen LogP contribution in [0.2, 0.25) is 0 Å². The maximum atomic E-state index is 13.0. The van der Waals surface area contributed by atoms with Gasteiger partial charge in [0.15, 0.2) is 5.13 Å². The van der Waals surface area contributed by atoms with Gasteiger partial charge in [-0.2, -0.15) is 0 Å². The Bertz CT molecular complexity index is 1030. The molecule has 3 aliphatic rings. The van der Waals surface area contributed by atoms with E-state index in [0.29, 0.717) is 31.0 Å². The Hall–Kier alpha value is -2.78. The number of carbonyl (C=O) groups excluding carboxylic acids is 3. The van der Waals surface area contributed by atoms with Crippen LogP contribution in [-0.4, -0.2) is 46.7 Å². The Kier molecular flexibility index (Phi) is 5.45. The number of thiazole rings is 1. The molecule has 4 heterocycles. The second kappa shape index (κ2) is 8.39. The van der Waals surface area contributed by atoms with Crippen molar-refractivity contribution in [1.29, 1.82) is 0 Å². The molecule has 0 aliphatic carbocycles. The summed E-state index contributed by atoms with van der Waals surface area (Å²) in [5, 5.41) is 12.2. The van der Waals surface area contributed by atoms with Gasteiger partial charge in [0.1, 0.15) is 6.04 Å². The van der Waals surface area contributed by atoms with Crippen LogP contribution >= 0.6 is 11.3 Å². The van der Waals surface area contributed by atoms with Gasteiger partial charge < -0.3 is 15.5 Å². The molecule has 31 heavy (non-hydrogen) atoms. The predicted molar refractivity (Wildman–Crippen MR) is 117 cm³/mol. The first kappa shape index (κ1) is 20.1. The first-order valence-electron chi connectivity index (χ1n) is 10.8. The number of fused-ring (bicyclic) bond motifs is 1. The molecule has 3 N–H and O–H groups in total. The summed E-state index contributed by atoms with van der Waals surface area (Å²) in [6.45, 7) is 3.03. The summed E-state index contributed by atoms with van der Waals surface area (Å²) in [4.78, 5) is 43.1. The van der Waals surface area contributed by atoms with Crippen molar-refractivity contribution < 1.29 is 14.4 Å². The molecular formula is C22H25N5O3S. The number of piperidine rings is 2. The minimum Gasteiger partial charge on any atom is -0.357 e. The number of amides is 3. The summed E-state index contributed by atoms with van der Waals surface area (Å²) in [6, 6.07) is 5.11. The molecule has 1 atom stereocenters. The predicted octanol–water partition coefficient (Wildman–Crippen LogP) is 1.98. The largest absolute Gasteiger partial charge is 0.357 e. The summed E-state index contributed by atoms with van der Waals surface area (Å²) in [5.41, 5.74) is 3.77. The molecule has 1 aromatic carbocycles. The van der Waals surface area contributed by atoms with Crippen LogP contribution in [0.1, 0.15) is 58.8 Å². The second-order valence-electron chi connectivity index (χ2n) is 8.30. The van der Waals surface area contributed by atoms with E-state index in [1.807, 2.05) is 18.2 Å². The third-order valence-electron chi connectivity index (χ3n) is 6.39. The molecule has 0 saturated carbocycles. The lowest BCUT2D eigenvalue weighted by Crippen LogP contribution is -2.52. The molecule has 2 fully saturated rings. The molecule has 5 rings (SSSR count). The highest BCUT2D eigenvalue weighted by Gasteiger charge is 2.39. The van der Waals surface area contributed by atoms with Crippen LogP contribution in [0.5, 0.6) is 0 Å². The SMILES string of the molecule is O=C1CCC(N2Cc3c(CNc4nc(C5CCNCC5)cs4)cccc3C2=O)C(=O)N1. The summed E-state index contributed by atoms with van der Waals surface area (Å²) in [7, 11) is 0. The van der Waals surface area contributed by atoms with Gasteiger partial charge in [-0.1, -0.05) is 12.1 Å². The number of nitrogens with one attached hydrogen (secondary N) is 3. The van der Waals surface area contributed by atoms with Crippen LogP contribution in [0.15, 0.2) is 23.6 Å². The number of anilines is 1. The van der Waals surface area contributed by atoms with Crippen molar-refractivity contribution in [3.8, 4) is 0 Å². The van der Waals surface area contributed by atoms with Gasteiger partial charge in [0, 0.05) is 36.4 Å². The van der Waals surface area contributed by atoms with Crippen molar-refractivity contribution in [1.82, 2.24) is 20.5 Å². The fourth-order valence-electron chi connectivity index (χ4n) is 4.66. The lowest BCUT2D eigenvalue weighted by atomic mass is 9.96. The van der Waals surface area contributed by atoms with Crippen molar-refractivity contribution in [2.24, 2.45) is 0 Å². The molecule has 0 bridgehead atoms. The van der Waals surface area contributed by atoms with Crippen LogP contribution in [0.25, 0.3) is 0 Å². The fraction of sp³-hybridized carbons (Fsp3) is 0.455. The summed E-state index contributed by atoms with van der Waals surface area (Å²) < 4.78 is 0. The minimum absolute atomic E-state index is 0.145. The van der Waals surface area contributed by atoms with Crippen LogP contribution in [0.3, 0.4) is 0 Å². The highest BCUT2D eigenvalue weighted by molar-refractivity contribution is 7.13. The van der Waals surface area contributed by atoms with Gasteiger partial charge in [0.2, 0.25) is 11.8 Å². The molecule has 2 saturated heterocycles. The van der Waals surface area contributed by atoms with Gasteiger partial charge in [-0.05, 0) is 49.5 Å². The molecule has 1 aromatic heterocycles. The van der Waals surface area contributed by atoms with E-state index in [2.05, 4.69) is 21.3 Å². The van der Waals surface area contributed by atoms with Gasteiger partial charge in [-0.15, -0.1) is 11.3 Å². The Morgan fingerprint density at radius 1 is 1.16 bits per heavy atom. The van der Waals surface area contributed by atoms with Crippen molar-refractivity contribution >= 4 is 34.2 Å². The molecule has 9 heteroatoms. The number of rotatable bonds is 5. The molecule has 3 amide bonds. The number of carbonyl (C=O) groups is 3. The highest BCUT2D eigenvalue weighted by atomic mass is 32.1.